The second-order valence-corrected chi connectivity index (χ2v) is 2.36. The molecular formula is C4H5NO2S. The van der Waals surface area contributed by atoms with E-state index in [1.165, 1.54) is 12.3 Å². The van der Waals surface area contributed by atoms with E-state index in [1.54, 1.807) is 6.20 Å². The van der Waals surface area contributed by atoms with Crippen molar-refractivity contribution in [3.63, 3.8) is 0 Å². The third-order valence-electron chi connectivity index (χ3n) is 0.792. The van der Waals surface area contributed by atoms with Crippen molar-refractivity contribution >= 4 is 10.7 Å². The predicted octanol–water partition coefficient (Wildman–Crippen LogP) is -0.0150. The first-order valence-corrected chi connectivity index (χ1v) is 3.25. The Morgan fingerprint density at radius 1 is 1.50 bits per heavy atom. The van der Waals surface area contributed by atoms with Crippen molar-refractivity contribution < 1.29 is 8.42 Å². The van der Waals surface area contributed by atoms with Crippen LogP contribution in [0.3, 0.4) is 0 Å². The number of aromatic amines is 1. The Kier molecular flexibility index (Phi) is 1.34. The number of rotatable bonds is 1. The van der Waals surface area contributed by atoms with Crippen LogP contribution in [-0.4, -0.2) is 13.4 Å². The van der Waals surface area contributed by atoms with E-state index >= 15 is 0 Å². The van der Waals surface area contributed by atoms with Crippen LogP contribution < -0.4 is 0 Å². The van der Waals surface area contributed by atoms with Crippen LogP contribution in [0.5, 0.6) is 0 Å². The van der Waals surface area contributed by atoms with Gasteiger partial charge < -0.3 is 4.98 Å². The van der Waals surface area contributed by atoms with Crippen LogP contribution in [0.2, 0.25) is 0 Å². The van der Waals surface area contributed by atoms with Crippen molar-refractivity contribution in [3.8, 4) is 0 Å². The topological polar surface area (TPSA) is 49.9 Å². The molecule has 1 aromatic heterocycles. The Hall–Kier alpha value is -0.770. The largest absolute Gasteiger partial charge is 0.366 e. The highest BCUT2D eigenvalue weighted by atomic mass is 32.2. The van der Waals surface area contributed by atoms with E-state index in [2.05, 4.69) is 4.98 Å². The number of hydrogen-bond acceptors (Lipinski definition) is 2. The summed E-state index contributed by atoms with van der Waals surface area (Å²) in [7, 11) is -2.39. The first-order chi connectivity index (χ1) is 3.80. The lowest BCUT2D eigenvalue weighted by Crippen LogP contribution is -1.70. The SMILES string of the molecule is O=[SH](=O)c1cc[nH]c1. The number of thiol groups is 1. The molecule has 44 valence electrons. The van der Waals surface area contributed by atoms with Gasteiger partial charge in [-0.1, -0.05) is 0 Å². The third kappa shape index (κ3) is 0.894. The smallest absolute Gasteiger partial charge is 0.169 e. The fourth-order valence-electron chi connectivity index (χ4n) is 0.429. The van der Waals surface area contributed by atoms with Crippen molar-refractivity contribution in [2.45, 2.75) is 4.90 Å². The van der Waals surface area contributed by atoms with Crippen LogP contribution in [0.4, 0.5) is 0 Å². The summed E-state index contributed by atoms with van der Waals surface area (Å²) in [6.45, 7) is 0. The molecule has 0 bridgehead atoms. The van der Waals surface area contributed by atoms with Gasteiger partial charge in [-0.15, -0.1) is 0 Å². The van der Waals surface area contributed by atoms with Crippen molar-refractivity contribution in [1.29, 1.82) is 0 Å². The van der Waals surface area contributed by atoms with Gasteiger partial charge in [-0.25, -0.2) is 8.42 Å². The van der Waals surface area contributed by atoms with Crippen LogP contribution in [0.25, 0.3) is 0 Å². The lowest BCUT2D eigenvalue weighted by Gasteiger charge is -1.70. The van der Waals surface area contributed by atoms with Crippen LogP contribution >= 0.6 is 0 Å². The van der Waals surface area contributed by atoms with Gasteiger partial charge in [0.05, 0.1) is 4.90 Å². The van der Waals surface area contributed by atoms with Crippen molar-refractivity contribution in [3.05, 3.63) is 18.5 Å². The van der Waals surface area contributed by atoms with E-state index in [9.17, 15) is 8.42 Å². The van der Waals surface area contributed by atoms with Crippen molar-refractivity contribution in [1.82, 2.24) is 4.98 Å². The summed E-state index contributed by atoms with van der Waals surface area (Å²) in [5.41, 5.74) is 0. The van der Waals surface area contributed by atoms with Gasteiger partial charge in [0.25, 0.3) is 0 Å². The van der Waals surface area contributed by atoms with Gasteiger partial charge in [0, 0.05) is 12.4 Å². The highest BCUT2D eigenvalue weighted by Crippen LogP contribution is 1.95. The molecule has 4 heteroatoms. The number of H-pyrrole nitrogens is 1. The molecule has 1 rings (SSSR count). The van der Waals surface area contributed by atoms with Crippen LogP contribution in [0.15, 0.2) is 23.4 Å². The molecule has 3 nitrogen and oxygen atoms in total. The van der Waals surface area contributed by atoms with Gasteiger partial charge in [-0.3, -0.25) is 0 Å². The van der Waals surface area contributed by atoms with Crippen LogP contribution in [0, 0.1) is 0 Å². The molecule has 0 aromatic carbocycles. The molecule has 0 unspecified atom stereocenters. The van der Waals surface area contributed by atoms with Gasteiger partial charge in [-0.05, 0) is 6.07 Å². The molecule has 0 radical (unpaired) electrons. The summed E-state index contributed by atoms with van der Waals surface area (Å²) in [6, 6.07) is 1.51. The summed E-state index contributed by atoms with van der Waals surface area (Å²) >= 11 is 0. The molecule has 0 saturated carbocycles. The lowest BCUT2D eigenvalue weighted by atomic mass is 10.7. The first kappa shape index (κ1) is 5.37. The Bertz CT molecular complexity index is 216. The van der Waals surface area contributed by atoms with E-state index < -0.39 is 10.7 Å². The van der Waals surface area contributed by atoms with Gasteiger partial charge in [0.2, 0.25) is 0 Å². The quantitative estimate of drug-likeness (QED) is 0.526. The highest BCUT2D eigenvalue weighted by Gasteiger charge is 1.88. The van der Waals surface area contributed by atoms with E-state index in [-0.39, 0.29) is 0 Å². The summed E-state index contributed by atoms with van der Waals surface area (Å²) in [5.74, 6) is 0. The van der Waals surface area contributed by atoms with E-state index in [0.717, 1.165) is 0 Å². The van der Waals surface area contributed by atoms with Crippen molar-refractivity contribution in [2.24, 2.45) is 0 Å². The second kappa shape index (κ2) is 2.00. The zero-order valence-electron chi connectivity index (χ0n) is 4.00. The minimum Gasteiger partial charge on any atom is -0.366 e. The number of hydrogen-bond donors (Lipinski definition) is 2. The monoisotopic (exact) mass is 131 g/mol. The Morgan fingerprint density at radius 2 is 2.25 bits per heavy atom. The van der Waals surface area contributed by atoms with Gasteiger partial charge in [0.1, 0.15) is 0 Å². The molecule has 8 heavy (non-hydrogen) atoms. The second-order valence-electron chi connectivity index (χ2n) is 1.33. The van der Waals surface area contributed by atoms with Crippen molar-refractivity contribution in [2.75, 3.05) is 0 Å². The summed E-state index contributed by atoms with van der Waals surface area (Å²) < 4.78 is 20.2. The number of nitrogens with one attached hydrogen (secondary N) is 1. The Balaban J connectivity index is 3.11. The minimum atomic E-state index is -2.39. The fourth-order valence-corrected chi connectivity index (χ4v) is 0.805. The van der Waals surface area contributed by atoms with Gasteiger partial charge in [-0.2, -0.15) is 0 Å². The molecule has 0 atom stereocenters. The first-order valence-electron chi connectivity index (χ1n) is 2.08. The fraction of sp³-hybridized carbons (Fsp3) is 0. The van der Waals surface area contributed by atoms with Crippen LogP contribution in [-0.2, 0) is 10.7 Å². The lowest BCUT2D eigenvalue weighted by molar-refractivity contribution is 0.614. The molecule has 1 aromatic rings. The standard InChI is InChI=1S/C4H5NO2S/c6-8(7)4-1-2-5-3-4/h1-3,5,8H. The zero-order chi connectivity index (χ0) is 5.98. The maximum atomic E-state index is 10.1. The molecule has 1 N–H and O–H groups in total. The molecule has 0 amide bonds. The molecular weight excluding hydrogens is 126 g/mol. The van der Waals surface area contributed by atoms with E-state index in [4.69, 9.17) is 0 Å². The molecule has 0 spiro atoms. The maximum absolute atomic E-state index is 10.1. The third-order valence-corrected chi connectivity index (χ3v) is 1.49. The average Bonchev–Trinajstić information content (AvgIpc) is 2.12. The van der Waals surface area contributed by atoms with Gasteiger partial charge >= 0.3 is 0 Å². The molecule has 1 heterocycles. The zero-order valence-corrected chi connectivity index (χ0v) is 4.89. The highest BCUT2D eigenvalue weighted by molar-refractivity contribution is 7.72. The summed E-state index contributed by atoms with van der Waals surface area (Å²) in [4.78, 5) is 2.96. The molecule has 0 aliphatic carbocycles. The van der Waals surface area contributed by atoms with Gasteiger partial charge in [0.15, 0.2) is 10.7 Å². The molecule has 0 saturated heterocycles. The molecule has 0 aliphatic heterocycles. The number of aromatic nitrogens is 1. The maximum Gasteiger partial charge on any atom is 0.169 e. The normalized spacial score (nSPS) is 10.1. The predicted molar refractivity (Wildman–Crippen MR) is 29.4 cm³/mol. The molecule has 0 fully saturated rings. The Labute approximate surface area is 48.3 Å². The average molecular weight is 131 g/mol. The minimum absolute atomic E-state index is 0.333. The Morgan fingerprint density at radius 3 is 2.50 bits per heavy atom. The summed E-state index contributed by atoms with van der Waals surface area (Å²) in [5, 5.41) is 0. The van der Waals surface area contributed by atoms with E-state index in [0.29, 0.717) is 4.90 Å². The summed E-state index contributed by atoms with van der Waals surface area (Å²) in [6.07, 6.45) is 3.01. The molecule has 0 aliphatic rings. The van der Waals surface area contributed by atoms with E-state index in [1.807, 2.05) is 0 Å². The van der Waals surface area contributed by atoms with Crippen LogP contribution in [0.1, 0.15) is 0 Å².